The molecule has 0 aliphatic heterocycles. The molecular formula is C12H11S. The first-order valence-electron chi connectivity index (χ1n) is 4.30. The molecule has 0 spiro atoms. The zero-order valence-electron chi connectivity index (χ0n) is 7.79. The Morgan fingerprint density at radius 2 is 1.85 bits per heavy atom. The lowest BCUT2D eigenvalue weighted by Crippen LogP contribution is -1.83. The Labute approximate surface area is 82.9 Å². The maximum absolute atomic E-state index is 3.10. The van der Waals surface area contributed by atoms with Crippen LogP contribution in [-0.2, 0) is 0 Å². The normalized spacial score (nSPS) is 10.3. The van der Waals surface area contributed by atoms with Gasteiger partial charge in [-0.2, -0.15) is 0 Å². The molecule has 0 N–H and O–H groups in total. The largest absolute Gasteiger partial charge is 0.143 e. The Hall–Kier alpha value is -1.08. The average molecular weight is 187 g/mol. The first-order valence-corrected chi connectivity index (χ1v) is 5.18. The summed E-state index contributed by atoms with van der Waals surface area (Å²) in [4.78, 5) is 1.32. The van der Waals surface area contributed by atoms with E-state index in [2.05, 4.69) is 44.2 Å². The standard InChI is InChI=1S/C12H11S/c1-9-5-3-6-10(2)12(9)11-7-4-8-13-11/h3,5-8H,1-2H3. The van der Waals surface area contributed by atoms with Crippen LogP contribution in [0.2, 0.25) is 0 Å². The molecule has 1 aromatic carbocycles. The SMILES string of the molecule is Cc1cccc(C)c1-c1c[c]cs1. The minimum Gasteiger partial charge on any atom is -0.143 e. The van der Waals surface area contributed by atoms with Crippen LogP contribution in [0.4, 0.5) is 0 Å². The molecule has 0 atom stereocenters. The Morgan fingerprint density at radius 1 is 1.15 bits per heavy atom. The number of hydrogen-bond donors (Lipinski definition) is 0. The minimum atomic E-state index is 1.32. The molecule has 1 radical (unpaired) electrons. The van der Waals surface area contributed by atoms with Crippen molar-refractivity contribution >= 4 is 11.3 Å². The summed E-state index contributed by atoms with van der Waals surface area (Å²) in [5.41, 5.74) is 4.06. The van der Waals surface area contributed by atoms with Gasteiger partial charge in [0.2, 0.25) is 0 Å². The number of rotatable bonds is 1. The summed E-state index contributed by atoms with van der Waals surface area (Å²) in [6.07, 6.45) is 0. The molecule has 0 amide bonds. The van der Waals surface area contributed by atoms with E-state index in [1.54, 1.807) is 11.3 Å². The average Bonchev–Trinajstić information content (AvgIpc) is 2.57. The first-order chi connectivity index (χ1) is 6.29. The molecule has 0 aliphatic rings. The zero-order chi connectivity index (χ0) is 9.26. The molecule has 0 saturated heterocycles. The highest BCUT2D eigenvalue weighted by atomic mass is 32.1. The maximum Gasteiger partial charge on any atom is 0.0354 e. The molecule has 0 nitrogen and oxygen atoms in total. The van der Waals surface area contributed by atoms with E-state index in [1.807, 2.05) is 5.38 Å². The third-order valence-corrected chi connectivity index (χ3v) is 3.03. The molecule has 1 aromatic heterocycles. The summed E-state index contributed by atoms with van der Waals surface area (Å²) in [5.74, 6) is 0. The lowest BCUT2D eigenvalue weighted by molar-refractivity contribution is 1.39. The fourth-order valence-corrected chi connectivity index (χ4v) is 2.41. The highest BCUT2D eigenvalue weighted by Crippen LogP contribution is 2.30. The summed E-state index contributed by atoms with van der Waals surface area (Å²) in [6, 6.07) is 11.6. The Bertz CT molecular complexity index is 379. The van der Waals surface area contributed by atoms with Gasteiger partial charge >= 0.3 is 0 Å². The Balaban J connectivity index is 2.64. The highest BCUT2D eigenvalue weighted by Gasteiger charge is 2.04. The molecule has 0 unspecified atom stereocenters. The van der Waals surface area contributed by atoms with Gasteiger partial charge < -0.3 is 0 Å². The molecule has 1 heterocycles. The van der Waals surface area contributed by atoms with E-state index in [-0.39, 0.29) is 0 Å². The van der Waals surface area contributed by atoms with Gasteiger partial charge in [0.1, 0.15) is 0 Å². The fraction of sp³-hybridized carbons (Fsp3) is 0.167. The molecule has 0 saturated carbocycles. The van der Waals surface area contributed by atoms with Gasteiger partial charge in [-0.25, -0.2) is 0 Å². The van der Waals surface area contributed by atoms with Crippen LogP contribution < -0.4 is 0 Å². The number of thiophene rings is 1. The molecule has 2 rings (SSSR count). The summed E-state index contributed by atoms with van der Waals surface area (Å²) < 4.78 is 0. The van der Waals surface area contributed by atoms with Crippen molar-refractivity contribution in [1.29, 1.82) is 0 Å². The van der Waals surface area contributed by atoms with Crippen molar-refractivity contribution in [3.63, 3.8) is 0 Å². The quantitative estimate of drug-likeness (QED) is 0.636. The van der Waals surface area contributed by atoms with Gasteiger partial charge in [0.25, 0.3) is 0 Å². The van der Waals surface area contributed by atoms with E-state index in [9.17, 15) is 0 Å². The predicted molar refractivity (Wildman–Crippen MR) is 58.1 cm³/mol. The third kappa shape index (κ3) is 1.52. The van der Waals surface area contributed by atoms with E-state index in [4.69, 9.17) is 0 Å². The Morgan fingerprint density at radius 3 is 2.38 bits per heavy atom. The zero-order valence-corrected chi connectivity index (χ0v) is 8.61. The summed E-state index contributed by atoms with van der Waals surface area (Å²) in [7, 11) is 0. The monoisotopic (exact) mass is 187 g/mol. The predicted octanol–water partition coefficient (Wildman–Crippen LogP) is 3.83. The van der Waals surface area contributed by atoms with Gasteiger partial charge in [-0.15, -0.1) is 11.3 Å². The maximum atomic E-state index is 3.10. The van der Waals surface area contributed by atoms with Gasteiger partial charge in [0, 0.05) is 4.88 Å². The van der Waals surface area contributed by atoms with Crippen molar-refractivity contribution < 1.29 is 0 Å². The van der Waals surface area contributed by atoms with Crippen LogP contribution in [0.3, 0.4) is 0 Å². The van der Waals surface area contributed by atoms with Crippen molar-refractivity contribution in [2.45, 2.75) is 13.8 Å². The van der Waals surface area contributed by atoms with E-state index in [1.165, 1.54) is 21.6 Å². The second-order valence-electron chi connectivity index (χ2n) is 3.18. The highest BCUT2D eigenvalue weighted by molar-refractivity contribution is 7.13. The van der Waals surface area contributed by atoms with Gasteiger partial charge in [-0.1, -0.05) is 18.2 Å². The lowest BCUT2D eigenvalue weighted by Gasteiger charge is -2.06. The van der Waals surface area contributed by atoms with Crippen LogP contribution in [0, 0.1) is 19.9 Å². The second kappa shape index (κ2) is 3.35. The molecule has 0 aliphatic carbocycles. The molecule has 0 fully saturated rings. The third-order valence-electron chi connectivity index (χ3n) is 2.20. The van der Waals surface area contributed by atoms with Crippen LogP contribution in [-0.4, -0.2) is 0 Å². The molecule has 13 heavy (non-hydrogen) atoms. The van der Waals surface area contributed by atoms with E-state index >= 15 is 0 Å². The summed E-state index contributed by atoms with van der Waals surface area (Å²) in [6.45, 7) is 4.31. The summed E-state index contributed by atoms with van der Waals surface area (Å²) >= 11 is 1.75. The van der Waals surface area contributed by atoms with Gasteiger partial charge in [-0.3, -0.25) is 0 Å². The van der Waals surface area contributed by atoms with Crippen LogP contribution in [0.5, 0.6) is 0 Å². The van der Waals surface area contributed by atoms with Crippen molar-refractivity contribution in [2.24, 2.45) is 0 Å². The number of benzene rings is 1. The van der Waals surface area contributed by atoms with E-state index < -0.39 is 0 Å². The Kier molecular flexibility index (Phi) is 2.19. The number of aryl methyl sites for hydroxylation is 2. The molecule has 0 bridgehead atoms. The minimum absolute atomic E-state index is 1.32. The van der Waals surface area contributed by atoms with Crippen molar-refractivity contribution in [1.82, 2.24) is 0 Å². The van der Waals surface area contributed by atoms with Crippen molar-refractivity contribution in [3.8, 4) is 10.4 Å². The lowest BCUT2D eigenvalue weighted by atomic mass is 10.0. The summed E-state index contributed by atoms with van der Waals surface area (Å²) in [5, 5.41) is 2.00. The van der Waals surface area contributed by atoms with Gasteiger partial charge in [-0.05, 0) is 48.1 Å². The topological polar surface area (TPSA) is 0 Å². The van der Waals surface area contributed by atoms with E-state index in [0.717, 1.165) is 0 Å². The van der Waals surface area contributed by atoms with Crippen molar-refractivity contribution in [3.05, 3.63) is 46.8 Å². The van der Waals surface area contributed by atoms with Crippen LogP contribution >= 0.6 is 11.3 Å². The van der Waals surface area contributed by atoms with Gasteiger partial charge in [0.15, 0.2) is 0 Å². The van der Waals surface area contributed by atoms with Crippen LogP contribution in [0.25, 0.3) is 10.4 Å². The molecular weight excluding hydrogens is 176 g/mol. The molecule has 65 valence electrons. The van der Waals surface area contributed by atoms with Gasteiger partial charge in [0.05, 0.1) is 0 Å². The van der Waals surface area contributed by atoms with Crippen LogP contribution in [0.15, 0.2) is 29.6 Å². The second-order valence-corrected chi connectivity index (χ2v) is 4.09. The molecule has 1 heteroatoms. The van der Waals surface area contributed by atoms with E-state index in [0.29, 0.717) is 0 Å². The number of hydrogen-bond acceptors (Lipinski definition) is 1. The molecule has 2 aromatic rings. The van der Waals surface area contributed by atoms with Crippen LogP contribution in [0.1, 0.15) is 11.1 Å². The smallest absolute Gasteiger partial charge is 0.0354 e. The fourth-order valence-electron chi connectivity index (χ4n) is 1.58. The van der Waals surface area contributed by atoms with Crippen molar-refractivity contribution in [2.75, 3.05) is 0 Å². The first kappa shape index (κ1) is 8.52.